The molecule has 2 aromatic rings. The van der Waals surface area contributed by atoms with Gasteiger partial charge in [0.15, 0.2) is 0 Å². The predicted octanol–water partition coefficient (Wildman–Crippen LogP) is 0.994. The summed E-state index contributed by atoms with van der Waals surface area (Å²) in [7, 11) is 0. The molecule has 7 heteroatoms. The lowest BCUT2D eigenvalue weighted by molar-refractivity contribution is 0.0720. The molecule has 2 aromatic heterocycles. The molecule has 1 aliphatic heterocycles. The van der Waals surface area contributed by atoms with Crippen LogP contribution < -0.4 is 0 Å². The Labute approximate surface area is 115 Å². The van der Waals surface area contributed by atoms with Crippen LogP contribution in [0.2, 0.25) is 0 Å². The highest BCUT2D eigenvalue weighted by molar-refractivity contribution is 5.96. The lowest BCUT2D eigenvalue weighted by atomic mass is 10.1. The molecule has 1 fully saturated rings. The van der Waals surface area contributed by atoms with Crippen molar-refractivity contribution in [1.29, 1.82) is 0 Å². The summed E-state index contributed by atoms with van der Waals surface area (Å²) < 4.78 is 1.43. The molecule has 104 valence electrons. The van der Waals surface area contributed by atoms with Crippen molar-refractivity contribution in [2.45, 2.75) is 19.3 Å². The smallest absolute Gasteiger partial charge is 0.260 e. The topological polar surface area (TPSA) is 84.1 Å². The number of piperidine rings is 1. The number of amides is 1. The normalized spacial score (nSPS) is 15.3. The van der Waals surface area contributed by atoms with Gasteiger partial charge in [-0.3, -0.25) is 4.79 Å². The molecule has 0 radical (unpaired) electrons. The third-order valence-corrected chi connectivity index (χ3v) is 3.34. The molecule has 1 saturated heterocycles. The molecule has 0 unspecified atom stereocenters. The van der Waals surface area contributed by atoms with Gasteiger partial charge >= 0.3 is 0 Å². The van der Waals surface area contributed by atoms with E-state index in [0.717, 1.165) is 32.4 Å². The Bertz CT molecular complexity index is 605. The van der Waals surface area contributed by atoms with Crippen LogP contribution in [0.5, 0.6) is 5.88 Å². The summed E-state index contributed by atoms with van der Waals surface area (Å²) in [5.74, 6) is -0.280. The van der Waals surface area contributed by atoms with Crippen LogP contribution in [0, 0.1) is 0 Å². The Kier molecular flexibility index (Phi) is 3.32. The second-order valence-corrected chi connectivity index (χ2v) is 4.71. The van der Waals surface area contributed by atoms with Gasteiger partial charge in [-0.25, -0.2) is 9.67 Å². The van der Waals surface area contributed by atoms with Gasteiger partial charge in [0.2, 0.25) is 5.88 Å². The fourth-order valence-electron chi connectivity index (χ4n) is 2.28. The summed E-state index contributed by atoms with van der Waals surface area (Å²) in [6.07, 6.45) is 7.76. The molecule has 0 bridgehead atoms. The Morgan fingerprint density at radius 2 is 2.05 bits per heavy atom. The van der Waals surface area contributed by atoms with Crippen molar-refractivity contribution in [2.75, 3.05) is 13.1 Å². The SMILES string of the molecule is O=C(c1cnc(-n2cccn2)nc1O)N1CCCCC1. The summed E-state index contributed by atoms with van der Waals surface area (Å²) in [4.78, 5) is 22.0. The molecule has 7 nitrogen and oxygen atoms in total. The van der Waals surface area contributed by atoms with Gasteiger partial charge in [0.1, 0.15) is 5.56 Å². The molecular weight excluding hydrogens is 258 g/mol. The van der Waals surface area contributed by atoms with Crippen LogP contribution >= 0.6 is 0 Å². The number of rotatable bonds is 2. The molecule has 1 N–H and O–H groups in total. The summed E-state index contributed by atoms with van der Waals surface area (Å²) in [5, 5.41) is 13.9. The van der Waals surface area contributed by atoms with Crippen LogP contribution in [-0.2, 0) is 0 Å². The van der Waals surface area contributed by atoms with E-state index in [4.69, 9.17) is 0 Å². The zero-order valence-corrected chi connectivity index (χ0v) is 10.9. The van der Waals surface area contributed by atoms with Gasteiger partial charge in [-0.05, 0) is 25.3 Å². The largest absolute Gasteiger partial charge is 0.493 e. The first kappa shape index (κ1) is 12.6. The summed E-state index contributed by atoms with van der Waals surface area (Å²) >= 11 is 0. The Morgan fingerprint density at radius 3 is 2.70 bits per heavy atom. The molecule has 0 atom stereocenters. The van der Waals surface area contributed by atoms with E-state index in [0.29, 0.717) is 0 Å². The maximum atomic E-state index is 12.3. The predicted molar refractivity (Wildman–Crippen MR) is 70.6 cm³/mol. The van der Waals surface area contributed by atoms with Crippen molar-refractivity contribution in [1.82, 2.24) is 24.6 Å². The van der Waals surface area contributed by atoms with Crippen molar-refractivity contribution in [3.8, 4) is 11.8 Å². The van der Waals surface area contributed by atoms with Crippen molar-refractivity contribution < 1.29 is 9.90 Å². The van der Waals surface area contributed by atoms with E-state index >= 15 is 0 Å². The van der Waals surface area contributed by atoms with Gasteiger partial charge < -0.3 is 10.0 Å². The van der Waals surface area contributed by atoms with Crippen molar-refractivity contribution >= 4 is 5.91 Å². The zero-order valence-electron chi connectivity index (χ0n) is 10.9. The second-order valence-electron chi connectivity index (χ2n) is 4.71. The molecule has 3 heterocycles. The summed E-state index contributed by atoms with van der Waals surface area (Å²) in [5.41, 5.74) is 0.141. The van der Waals surface area contributed by atoms with E-state index in [-0.39, 0.29) is 23.3 Å². The molecule has 1 amide bonds. The third kappa shape index (κ3) is 2.34. The highest BCUT2D eigenvalue weighted by Crippen LogP contribution is 2.19. The highest BCUT2D eigenvalue weighted by Gasteiger charge is 2.22. The Hall–Kier alpha value is -2.44. The van der Waals surface area contributed by atoms with Gasteiger partial charge in [0.05, 0.1) is 0 Å². The van der Waals surface area contributed by atoms with Crippen LogP contribution in [-0.4, -0.2) is 48.8 Å². The van der Waals surface area contributed by atoms with Gasteiger partial charge in [0.25, 0.3) is 11.9 Å². The van der Waals surface area contributed by atoms with Gasteiger partial charge in [-0.1, -0.05) is 0 Å². The van der Waals surface area contributed by atoms with Crippen LogP contribution in [0.1, 0.15) is 29.6 Å². The minimum absolute atomic E-state index is 0.141. The maximum Gasteiger partial charge on any atom is 0.260 e. The molecule has 0 aliphatic carbocycles. The van der Waals surface area contributed by atoms with Crippen LogP contribution in [0.4, 0.5) is 0 Å². The number of aromatic hydroxyl groups is 1. The molecule has 20 heavy (non-hydrogen) atoms. The van der Waals surface area contributed by atoms with E-state index in [1.807, 2.05) is 0 Å². The van der Waals surface area contributed by atoms with Crippen LogP contribution in [0.3, 0.4) is 0 Å². The van der Waals surface area contributed by atoms with E-state index in [9.17, 15) is 9.90 Å². The fraction of sp³-hybridized carbons (Fsp3) is 0.385. The molecule has 0 spiro atoms. The number of aromatic nitrogens is 4. The number of nitrogens with zero attached hydrogens (tertiary/aromatic N) is 5. The van der Waals surface area contributed by atoms with Crippen LogP contribution in [0.25, 0.3) is 5.95 Å². The monoisotopic (exact) mass is 273 g/mol. The standard InChI is InChI=1S/C13H15N5O2/c19-11-10(12(20)17-6-2-1-3-7-17)9-14-13(16-11)18-8-4-5-15-18/h4-5,8-9H,1-3,6-7H2,(H,14,16,19). The first-order valence-corrected chi connectivity index (χ1v) is 6.61. The number of carbonyl (C=O) groups is 1. The van der Waals surface area contributed by atoms with E-state index < -0.39 is 0 Å². The third-order valence-electron chi connectivity index (χ3n) is 3.34. The zero-order chi connectivity index (χ0) is 13.9. The molecule has 0 saturated carbocycles. The Morgan fingerprint density at radius 1 is 1.25 bits per heavy atom. The van der Waals surface area contributed by atoms with Crippen LogP contribution in [0.15, 0.2) is 24.7 Å². The van der Waals surface area contributed by atoms with Gasteiger partial charge in [-0.15, -0.1) is 0 Å². The van der Waals surface area contributed by atoms with E-state index in [1.54, 1.807) is 23.4 Å². The van der Waals surface area contributed by atoms with Crippen molar-refractivity contribution in [2.24, 2.45) is 0 Å². The van der Waals surface area contributed by atoms with E-state index in [1.165, 1.54) is 10.9 Å². The Balaban J connectivity index is 1.85. The molecule has 3 rings (SSSR count). The maximum absolute atomic E-state index is 12.3. The lowest BCUT2D eigenvalue weighted by Crippen LogP contribution is -2.35. The first-order valence-electron chi connectivity index (χ1n) is 6.61. The molecular formula is C13H15N5O2. The average Bonchev–Trinajstić information content (AvgIpc) is 3.01. The first-order chi connectivity index (χ1) is 9.75. The molecule has 0 aromatic carbocycles. The van der Waals surface area contributed by atoms with Crippen molar-refractivity contribution in [3.05, 3.63) is 30.2 Å². The lowest BCUT2D eigenvalue weighted by Gasteiger charge is -2.26. The summed E-state index contributed by atoms with van der Waals surface area (Å²) in [6, 6.07) is 1.73. The second kappa shape index (κ2) is 5.28. The average molecular weight is 273 g/mol. The number of hydrogen-bond donors (Lipinski definition) is 1. The minimum Gasteiger partial charge on any atom is -0.493 e. The number of likely N-dealkylation sites (tertiary alicyclic amines) is 1. The summed E-state index contributed by atoms with van der Waals surface area (Å²) in [6.45, 7) is 1.44. The molecule has 1 aliphatic rings. The quantitative estimate of drug-likeness (QED) is 0.882. The highest BCUT2D eigenvalue weighted by atomic mass is 16.3. The number of carbonyl (C=O) groups excluding carboxylic acids is 1. The minimum atomic E-state index is -0.305. The van der Waals surface area contributed by atoms with E-state index in [2.05, 4.69) is 15.1 Å². The number of hydrogen-bond acceptors (Lipinski definition) is 5. The fourth-order valence-corrected chi connectivity index (χ4v) is 2.28. The van der Waals surface area contributed by atoms with Gasteiger partial charge in [-0.2, -0.15) is 10.1 Å². The van der Waals surface area contributed by atoms with Crippen molar-refractivity contribution in [3.63, 3.8) is 0 Å². The van der Waals surface area contributed by atoms with Gasteiger partial charge in [0, 0.05) is 31.7 Å².